The maximum atomic E-state index is 13.0. The van der Waals surface area contributed by atoms with Crippen LogP contribution in [0.5, 0.6) is 0 Å². The number of likely N-dealkylation sites (N-methyl/N-ethyl adjacent to an activating group) is 1. The van der Waals surface area contributed by atoms with Gasteiger partial charge in [-0.3, -0.25) is 14.4 Å². The standard InChI is InChI=1S/C16H21N5O/c1-19-8-12-5-4-11(19)9-21(12)16(22)15-13-7-10(17)3-6-14(13)20(2)18-15/h3,6-7,11-12H,4-5,8-9,17H2,1-2H3. The molecule has 3 aliphatic heterocycles. The predicted octanol–water partition coefficient (Wildman–Crippen LogP) is 1.07. The van der Waals surface area contributed by atoms with Gasteiger partial charge in [0.05, 0.1) is 5.52 Å². The number of rotatable bonds is 1. The van der Waals surface area contributed by atoms with Crippen LogP contribution in [0.4, 0.5) is 5.69 Å². The Morgan fingerprint density at radius 1 is 1.23 bits per heavy atom. The van der Waals surface area contributed by atoms with Crippen molar-refractivity contribution in [3.8, 4) is 0 Å². The largest absolute Gasteiger partial charge is 0.399 e. The topological polar surface area (TPSA) is 67.4 Å². The number of piperazine rings is 1. The first-order valence-corrected chi connectivity index (χ1v) is 7.78. The van der Waals surface area contributed by atoms with Crippen molar-refractivity contribution in [1.29, 1.82) is 0 Å². The van der Waals surface area contributed by atoms with Gasteiger partial charge >= 0.3 is 0 Å². The van der Waals surface area contributed by atoms with Gasteiger partial charge in [0.25, 0.3) is 5.91 Å². The van der Waals surface area contributed by atoms with E-state index in [1.165, 1.54) is 6.42 Å². The summed E-state index contributed by atoms with van der Waals surface area (Å²) in [5.74, 6) is 0.0407. The van der Waals surface area contributed by atoms with Crippen LogP contribution in [0.3, 0.4) is 0 Å². The molecule has 2 aromatic rings. The Labute approximate surface area is 129 Å². The van der Waals surface area contributed by atoms with Gasteiger partial charge < -0.3 is 10.6 Å². The van der Waals surface area contributed by atoms with E-state index in [2.05, 4.69) is 17.0 Å². The Hall–Kier alpha value is -2.08. The quantitative estimate of drug-likeness (QED) is 0.800. The number of aryl methyl sites for hydroxylation is 1. The minimum Gasteiger partial charge on any atom is -0.399 e. The molecule has 116 valence electrons. The molecule has 1 aromatic carbocycles. The lowest BCUT2D eigenvalue weighted by Gasteiger charge is -2.50. The fraction of sp³-hybridized carbons (Fsp3) is 0.500. The molecule has 22 heavy (non-hydrogen) atoms. The average molecular weight is 299 g/mol. The lowest BCUT2D eigenvalue weighted by molar-refractivity contribution is -0.000369. The molecule has 2 N–H and O–H groups in total. The minimum atomic E-state index is 0.0407. The lowest BCUT2D eigenvalue weighted by atomic mass is 9.91. The number of nitrogens with zero attached hydrogens (tertiary/aromatic N) is 4. The second-order valence-electron chi connectivity index (χ2n) is 6.53. The van der Waals surface area contributed by atoms with Crippen LogP contribution in [0.1, 0.15) is 23.3 Å². The van der Waals surface area contributed by atoms with Gasteiger partial charge in [0, 0.05) is 43.3 Å². The number of benzene rings is 1. The van der Waals surface area contributed by atoms with E-state index in [1.807, 2.05) is 30.1 Å². The molecule has 2 atom stereocenters. The molecule has 3 saturated heterocycles. The molecule has 5 rings (SSSR count). The van der Waals surface area contributed by atoms with E-state index < -0.39 is 0 Å². The number of piperidine rings is 2. The van der Waals surface area contributed by atoms with E-state index in [0.29, 0.717) is 23.5 Å². The maximum absolute atomic E-state index is 13.0. The predicted molar refractivity (Wildman–Crippen MR) is 85.6 cm³/mol. The van der Waals surface area contributed by atoms with Gasteiger partial charge in [-0.1, -0.05) is 0 Å². The van der Waals surface area contributed by atoms with E-state index in [1.54, 1.807) is 4.68 Å². The fourth-order valence-electron chi connectivity index (χ4n) is 3.87. The van der Waals surface area contributed by atoms with Crippen molar-refractivity contribution in [2.45, 2.75) is 24.9 Å². The number of fused-ring (bicyclic) bond motifs is 4. The minimum absolute atomic E-state index is 0.0407. The van der Waals surface area contributed by atoms with Gasteiger partial charge in [-0.15, -0.1) is 0 Å². The second-order valence-corrected chi connectivity index (χ2v) is 6.53. The molecule has 3 fully saturated rings. The summed E-state index contributed by atoms with van der Waals surface area (Å²) in [6.07, 6.45) is 2.27. The summed E-state index contributed by atoms with van der Waals surface area (Å²) in [7, 11) is 4.01. The molecule has 3 aliphatic rings. The molecule has 6 nitrogen and oxygen atoms in total. The van der Waals surface area contributed by atoms with Crippen LogP contribution in [0.15, 0.2) is 18.2 Å². The van der Waals surface area contributed by atoms with Crippen molar-refractivity contribution in [1.82, 2.24) is 19.6 Å². The Morgan fingerprint density at radius 2 is 2.00 bits per heavy atom. The number of nitrogens with two attached hydrogens (primary N) is 1. The van der Waals surface area contributed by atoms with Crippen LogP contribution < -0.4 is 5.73 Å². The molecule has 1 amide bonds. The van der Waals surface area contributed by atoms with Gasteiger partial charge in [-0.05, 0) is 38.1 Å². The number of aromatic nitrogens is 2. The highest BCUT2D eigenvalue weighted by molar-refractivity contribution is 6.05. The number of carbonyl (C=O) groups excluding carboxylic acids is 1. The molecular weight excluding hydrogens is 278 g/mol. The van der Waals surface area contributed by atoms with E-state index in [-0.39, 0.29) is 5.91 Å². The first-order valence-electron chi connectivity index (χ1n) is 7.78. The van der Waals surface area contributed by atoms with Crippen molar-refractivity contribution in [3.63, 3.8) is 0 Å². The first-order chi connectivity index (χ1) is 10.5. The summed E-state index contributed by atoms with van der Waals surface area (Å²) < 4.78 is 1.76. The van der Waals surface area contributed by atoms with Crippen molar-refractivity contribution in [3.05, 3.63) is 23.9 Å². The number of anilines is 1. The third-order valence-corrected chi connectivity index (χ3v) is 5.14. The summed E-state index contributed by atoms with van der Waals surface area (Å²) in [5, 5.41) is 5.31. The SMILES string of the molecule is CN1CC2CCC1CN2C(=O)c1nn(C)c2ccc(N)cc12. The highest BCUT2D eigenvalue weighted by Crippen LogP contribution is 2.30. The zero-order chi connectivity index (χ0) is 15.4. The van der Waals surface area contributed by atoms with E-state index in [9.17, 15) is 4.79 Å². The number of hydrogen-bond acceptors (Lipinski definition) is 4. The van der Waals surface area contributed by atoms with Gasteiger partial charge in [-0.2, -0.15) is 5.10 Å². The Balaban J connectivity index is 1.73. The fourth-order valence-corrected chi connectivity index (χ4v) is 3.87. The molecule has 1 aromatic heterocycles. The number of amides is 1. The van der Waals surface area contributed by atoms with Crippen LogP contribution in [-0.2, 0) is 7.05 Å². The summed E-state index contributed by atoms with van der Waals surface area (Å²) in [6.45, 7) is 1.77. The van der Waals surface area contributed by atoms with Crippen LogP contribution in [0.2, 0.25) is 0 Å². The summed E-state index contributed by atoms with van der Waals surface area (Å²) in [5.41, 5.74) is 8.02. The van der Waals surface area contributed by atoms with E-state index in [4.69, 9.17) is 5.73 Å². The van der Waals surface area contributed by atoms with Gasteiger partial charge in [-0.25, -0.2) is 0 Å². The molecule has 6 heteroatoms. The van der Waals surface area contributed by atoms with Gasteiger partial charge in [0.15, 0.2) is 5.69 Å². The molecule has 2 unspecified atom stereocenters. The van der Waals surface area contributed by atoms with Crippen LogP contribution in [0, 0.1) is 0 Å². The Morgan fingerprint density at radius 3 is 2.68 bits per heavy atom. The zero-order valence-corrected chi connectivity index (χ0v) is 13.0. The molecule has 0 spiro atoms. The zero-order valence-electron chi connectivity index (χ0n) is 13.0. The third kappa shape index (κ3) is 1.90. The molecule has 4 heterocycles. The van der Waals surface area contributed by atoms with Crippen LogP contribution in [-0.4, -0.2) is 57.7 Å². The van der Waals surface area contributed by atoms with Gasteiger partial charge in [0.1, 0.15) is 0 Å². The van der Waals surface area contributed by atoms with Crippen molar-refractivity contribution in [2.24, 2.45) is 7.05 Å². The summed E-state index contributed by atoms with van der Waals surface area (Å²) in [4.78, 5) is 17.4. The molecule has 0 radical (unpaired) electrons. The average Bonchev–Trinajstić information content (AvgIpc) is 2.83. The molecule has 0 aliphatic carbocycles. The molecule has 2 bridgehead atoms. The lowest BCUT2D eigenvalue weighted by Crippen LogP contribution is -2.62. The van der Waals surface area contributed by atoms with Crippen molar-refractivity contribution < 1.29 is 4.79 Å². The monoisotopic (exact) mass is 299 g/mol. The molecule has 0 saturated carbocycles. The highest BCUT2D eigenvalue weighted by atomic mass is 16.2. The normalized spacial score (nSPS) is 25.1. The first kappa shape index (κ1) is 13.6. The number of hydrogen-bond donors (Lipinski definition) is 1. The second kappa shape index (κ2) is 4.71. The maximum Gasteiger partial charge on any atom is 0.275 e. The third-order valence-electron chi connectivity index (χ3n) is 5.14. The Bertz CT molecular complexity index is 752. The van der Waals surface area contributed by atoms with Crippen LogP contribution >= 0.6 is 0 Å². The van der Waals surface area contributed by atoms with Crippen LogP contribution in [0.25, 0.3) is 10.9 Å². The van der Waals surface area contributed by atoms with E-state index in [0.717, 1.165) is 30.4 Å². The number of carbonyl (C=O) groups is 1. The highest BCUT2D eigenvalue weighted by Gasteiger charge is 2.40. The molecular formula is C16H21N5O. The van der Waals surface area contributed by atoms with Gasteiger partial charge in [0.2, 0.25) is 0 Å². The smallest absolute Gasteiger partial charge is 0.275 e. The summed E-state index contributed by atoms with van der Waals surface area (Å²) in [6, 6.07) is 6.40. The van der Waals surface area contributed by atoms with Crippen molar-refractivity contribution >= 4 is 22.5 Å². The number of nitrogen functional groups attached to an aromatic ring is 1. The van der Waals surface area contributed by atoms with Crippen molar-refractivity contribution in [2.75, 3.05) is 25.9 Å². The Kier molecular flexibility index (Phi) is 2.91. The van der Waals surface area contributed by atoms with E-state index >= 15 is 0 Å². The summed E-state index contributed by atoms with van der Waals surface area (Å²) >= 11 is 0.